The molecule has 1 saturated heterocycles. The lowest BCUT2D eigenvalue weighted by molar-refractivity contribution is 0.625. The zero-order chi connectivity index (χ0) is 14.6. The van der Waals surface area contributed by atoms with Crippen LogP contribution in [0.4, 0.5) is 0 Å². The lowest BCUT2D eigenvalue weighted by atomic mass is 10.1. The molecule has 0 N–H and O–H groups in total. The van der Waals surface area contributed by atoms with Crippen molar-refractivity contribution < 1.29 is 0 Å². The number of benzene rings is 1. The van der Waals surface area contributed by atoms with E-state index in [0.717, 1.165) is 24.2 Å². The van der Waals surface area contributed by atoms with Crippen LogP contribution >= 0.6 is 0 Å². The van der Waals surface area contributed by atoms with Crippen molar-refractivity contribution in [1.29, 1.82) is 0 Å². The highest BCUT2D eigenvalue weighted by Gasteiger charge is 2.48. The van der Waals surface area contributed by atoms with Gasteiger partial charge in [0.1, 0.15) is 5.82 Å². The minimum absolute atomic E-state index is 0.0621. The van der Waals surface area contributed by atoms with Gasteiger partial charge in [-0.1, -0.05) is 38.1 Å². The number of para-hydroxylation sites is 1. The Hall–Kier alpha value is -2.10. The average molecular weight is 281 g/mol. The Morgan fingerprint density at radius 2 is 2.10 bits per heavy atom. The molecule has 2 aliphatic rings. The van der Waals surface area contributed by atoms with Crippen molar-refractivity contribution in [3.05, 3.63) is 52.6 Å². The van der Waals surface area contributed by atoms with Crippen LogP contribution in [0, 0.1) is 0 Å². The third-order valence-electron chi connectivity index (χ3n) is 4.44. The molecule has 2 atom stereocenters. The Balaban J connectivity index is 1.95. The topological polar surface area (TPSA) is 37.9 Å². The predicted octanol–water partition coefficient (Wildman–Crippen LogP) is 2.56. The number of fused-ring (bicyclic) bond motifs is 2. The van der Waals surface area contributed by atoms with Crippen molar-refractivity contribution in [3.8, 4) is 0 Å². The zero-order valence-corrected chi connectivity index (χ0v) is 12.4. The number of hydrogen-bond acceptors (Lipinski definition) is 3. The van der Waals surface area contributed by atoms with Crippen molar-refractivity contribution in [2.45, 2.75) is 44.7 Å². The van der Waals surface area contributed by atoms with Gasteiger partial charge in [-0.15, -0.1) is 0 Å². The molecule has 108 valence electrons. The summed E-state index contributed by atoms with van der Waals surface area (Å²) in [4.78, 5) is 17.7. The molecule has 2 aromatic rings. The molecule has 0 bridgehead atoms. The molecule has 0 saturated carbocycles. The van der Waals surface area contributed by atoms with E-state index < -0.39 is 0 Å². The highest BCUT2D eigenvalue weighted by atomic mass is 16.1. The maximum Gasteiger partial charge on any atom is 0.280 e. The number of rotatable bonds is 2. The molecule has 2 heterocycles. The number of nitrogens with zero attached hydrogens (tertiary/aromatic N) is 3. The minimum Gasteiger partial charge on any atom is -0.294 e. The van der Waals surface area contributed by atoms with E-state index in [2.05, 4.69) is 31.0 Å². The van der Waals surface area contributed by atoms with Crippen LogP contribution in [0.5, 0.6) is 0 Å². The summed E-state index contributed by atoms with van der Waals surface area (Å²) < 4.78 is 1.83. The summed E-state index contributed by atoms with van der Waals surface area (Å²) in [5.41, 5.74) is 0.856. The minimum atomic E-state index is 0.0621. The van der Waals surface area contributed by atoms with Crippen LogP contribution in [-0.2, 0) is 0 Å². The summed E-state index contributed by atoms with van der Waals surface area (Å²) >= 11 is 0. The maximum atomic E-state index is 12.9. The van der Waals surface area contributed by atoms with Gasteiger partial charge in [0, 0.05) is 5.92 Å². The number of aromatic nitrogens is 2. The predicted molar refractivity (Wildman–Crippen MR) is 84.3 cm³/mol. The summed E-state index contributed by atoms with van der Waals surface area (Å²) in [6, 6.07) is 8.46. The van der Waals surface area contributed by atoms with Crippen molar-refractivity contribution >= 4 is 10.9 Å². The smallest absolute Gasteiger partial charge is 0.280 e. The largest absolute Gasteiger partial charge is 0.294 e. The van der Waals surface area contributed by atoms with Crippen molar-refractivity contribution in [3.63, 3.8) is 0 Å². The SMILES string of the molecule is CC(C)c1nc2ccccc2c(=O)n1N1C2C=CCCC21. The third-order valence-corrected chi connectivity index (χ3v) is 4.44. The summed E-state index contributed by atoms with van der Waals surface area (Å²) in [5, 5.41) is 2.90. The van der Waals surface area contributed by atoms with Gasteiger partial charge in [0.15, 0.2) is 0 Å². The molecular weight excluding hydrogens is 262 g/mol. The number of allylic oxidation sites excluding steroid dienone is 1. The molecule has 4 heteroatoms. The van der Waals surface area contributed by atoms with Gasteiger partial charge in [0.05, 0.1) is 23.0 Å². The van der Waals surface area contributed by atoms with Crippen molar-refractivity contribution in [2.24, 2.45) is 0 Å². The molecule has 21 heavy (non-hydrogen) atoms. The second-order valence-electron chi connectivity index (χ2n) is 6.20. The van der Waals surface area contributed by atoms with Gasteiger partial charge in [-0.25, -0.2) is 9.66 Å². The highest BCUT2D eigenvalue weighted by Crippen LogP contribution is 2.35. The fraction of sp³-hybridized carbons (Fsp3) is 0.412. The molecule has 1 aliphatic heterocycles. The van der Waals surface area contributed by atoms with E-state index in [9.17, 15) is 4.79 Å². The van der Waals surface area contributed by atoms with E-state index in [4.69, 9.17) is 4.98 Å². The van der Waals surface area contributed by atoms with E-state index in [-0.39, 0.29) is 11.5 Å². The Labute approximate surface area is 123 Å². The van der Waals surface area contributed by atoms with E-state index in [1.54, 1.807) is 0 Å². The van der Waals surface area contributed by atoms with Gasteiger partial charge in [0.25, 0.3) is 5.56 Å². The molecule has 0 amide bonds. The number of hydrogen-bond donors (Lipinski definition) is 0. The molecule has 1 aromatic carbocycles. The van der Waals surface area contributed by atoms with Gasteiger partial charge in [0.2, 0.25) is 0 Å². The fourth-order valence-electron chi connectivity index (χ4n) is 3.33. The summed E-state index contributed by atoms with van der Waals surface area (Å²) in [6.45, 7) is 4.19. The standard InChI is InChI=1S/C17H19N3O/c1-11(2)16-18-13-8-4-3-7-12(13)17(21)20(16)19-14-9-5-6-10-15(14)19/h3-5,7-9,11,14-15H,6,10H2,1-2H3. The quantitative estimate of drug-likeness (QED) is 0.627. The van der Waals surface area contributed by atoms with Crippen LogP contribution < -0.4 is 10.6 Å². The first-order chi connectivity index (χ1) is 10.2. The van der Waals surface area contributed by atoms with Crippen LogP contribution in [0.1, 0.15) is 38.4 Å². The molecule has 1 fully saturated rings. The van der Waals surface area contributed by atoms with Gasteiger partial charge < -0.3 is 0 Å². The van der Waals surface area contributed by atoms with Gasteiger partial charge >= 0.3 is 0 Å². The first-order valence-electron chi connectivity index (χ1n) is 7.65. The van der Waals surface area contributed by atoms with Gasteiger partial charge in [-0.2, -0.15) is 0 Å². The molecular formula is C17H19N3O. The summed E-state index contributed by atoms with van der Waals surface area (Å²) in [7, 11) is 0. The monoisotopic (exact) mass is 281 g/mol. The summed E-state index contributed by atoms with van der Waals surface area (Å²) in [5.74, 6) is 1.08. The van der Waals surface area contributed by atoms with E-state index in [1.165, 1.54) is 0 Å². The van der Waals surface area contributed by atoms with Crippen LogP contribution in [-0.4, -0.2) is 21.7 Å². The average Bonchev–Trinajstić information content (AvgIpc) is 3.21. The van der Waals surface area contributed by atoms with Crippen LogP contribution in [0.3, 0.4) is 0 Å². The Bertz CT molecular complexity index is 790. The van der Waals surface area contributed by atoms with Gasteiger partial charge in [-0.05, 0) is 25.0 Å². The van der Waals surface area contributed by atoms with Crippen LogP contribution in [0.15, 0.2) is 41.2 Å². The Morgan fingerprint density at radius 3 is 2.81 bits per heavy atom. The second kappa shape index (κ2) is 4.45. The highest BCUT2D eigenvalue weighted by molar-refractivity contribution is 5.77. The Morgan fingerprint density at radius 1 is 1.29 bits per heavy atom. The normalized spacial score (nSPS) is 23.7. The van der Waals surface area contributed by atoms with Crippen molar-refractivity contribution in [1.82, 2.24) is 9.66 Å². The second-order valence-corrected chi connectivity index (χ2v) is 6.20. The summed E-state index contributed by atoms with van der Waals surface area (Å²) in [6.07, 6.45) is 6.66. The lowest BCUT2D eigenvalue weighted by Crippen LogP contribution is -2.35. The molecule has 4 nitrogen and oxygen atoms in total. The molecule has 1 aromatic heterocycles. The van der Waals surface area contributed by atoms with E-state index >= 15 is 0 Å². The van der Waals surface area contributed by atoms with Crippen LogP contribution in [0.25, 0.3) is 10.9 Å². The molecule has 4 rings (SSSR count). The van der Waals surface area contributed by atoms with Crippen molar-refractivity contribution in [2.75, 3.05) is 5.01 Å². The first kappa shape index (κ1) is 12.6. The molecule has 0 spiro atoms. The molecule has 2 unspecified atom stereocenters. The van der Waals surface area contributed by atoms with Crippen LogP contribution in [0.2, 0.25) is 0 Å². The molecule has 0 radical (unpaired) electrons. The van der Waals surface area contributed by atoms with E-state index in [1.807, 2.05) is 28.9 Å². The van der Waals surface area contributed by atoms with Gasteiger partial charge in [-0.3, -0.25) is 9.80 Å². The first-order valence-corrected chi connectivity index (χ1v) is 7.65. The Kier molecular flexibility index (Phi) is 2.67. The van der Waals surface area contributed by atoms with E-state index in [0.29, 0.717) is 17.5 Å². The third kappa shape index (κ3) is 1.82. The zero-order valence-electron chi connectivity index (χ0n) is 12.4. The maximum absolute atomic E-state index is 12.9. The molecule has 1 aliphatic carbocycles. The fourth-order valence-corrected chi connectivity index (χ4v) is 3.33. The lowest BCUT2D eigenvalue weighted by Gasteiger charge is -2.18.